The van der Waals surface area contributed by atoms with Gasteiger partial charge in [-0.2, -0.15) is 0 Å². The van der Waals surface area contributed by atoms with Crippen LogP contribution in [0, 0.1) is 0 Å². The molecule has 262 valence electrons. The molecule has 0 N–H and O–H groups in total. The quantitative estimate of drug-likeness (QED) is 0.178. The van der Waals surface area contributed by atoms with E-state index in [0.717, 1.165) is 111 Å². The van der Waals surface area contributed by atoms with Gasteiger partial charge >= 0.3 is 0 Å². The first-order valence-electron chi connectivity index (χ1n) is 18.9. The van der Waals surface area contributed by atoms with E-state index in [-0.39, 0.29) is 0 Å². The minimum Gasteiger partial charge on any atom is -0.456 e. The number of nitrogens with zero attached hydrogens (tertiary/aromatic N) is 1. The normalized spacial score (nSPS) is 11.9. The second kappa shape index (κ2) is 12.0. The van der Waals surface area contributed by atoms with Gasteiger partial charge in [0.1, 0.15) is 33.5 Å². The molecule has 0 aliphatic rings. The zero-order chi connectivity index (χ0) is 36.7. The van der Waals surface area contributed by atoms with Gasteiger partial charge in [-0.1, -0.05) is 133 Å². The minimum absolute atomic E-state index is 0.839. The summed E-state index contributed by atoms with van der Waals surface area (Å²) in [5.41, 5.74) is 12.5. The van der Waals surface area contributed by atoms with E-state index < -0.39 is 0 Å². The molecule has 4 nitrogen and oxygen atoms in total. The number of furan rings is 3. The highest BCUT2D eigenvalue weighted by atomic mass is 16.3. The van der Waals surface area contributed by atoms with Crippen LogP contribution in [0.15, 0.2) is 201 Å². The third kappa shape index (κ3) is 4.60. The van der Waals surface area contributed by atoms with Crippen LogP contribution in [0.3, 0.4) is 0 Å². The van der Waals surface area contributed by atoms with Gasteiger partial charge in [-0.3, -0.25) is 0 Å². The molecular formula is C52H31NO3. The Labute approximate surface area is 321 Å². The average molecular weight is 718 g/mol. The Bertz CT molecular complexity index is 3490. The van der Waals surface area contributed by atoms with Crippen LogP contribution in [0.1, 0.15) is 0 Å². The summed E-state index contributed by atoms with van der Waals surface area (Å²) in [4.78, 5) is 2.36. The molecule has 0 atom stereocenters. The molecule has 0 spiro atoms. The van der Waals surface area contributed by atoms with E-state index in [1.165, 1.54) is 5.39 Å². The zero-order valence-electron chi connectivity index (χ0n) is 30.1. The van der Waals surface area contributed by atoms with Gasteiger partial charge in [-0.05, 0) is 70.9 Å². The van der Waals surface area contributed by atoms with Crippen LogP contribution in [-0.4, -0.2) is 0 Å². The number of para-hydroxylation sites is 5. The largest absolute Gasteiger partial charge is 0.456 e. The number of hydrogen-bond donors (Lipinski definition) is 0. The minimum atomic E-state index is 0.839. The van der Waals surface area contributed by atoms with E-state index in [9.17, 15) is 0 Å². The van der Waals surface area contributed by atoms with E-state index in [2.05, 4.69) is 169 Å². The van der Waals surface area contributed by atoms with Crippen LogP contribution in [0.5, 0.6) is 0 Å². The van der Waals surface area contributed by atoms with E-state index >= 15 is 0 Å². The topological polar surface area (TPSA) is 42.7 Å². The highest BCUT2D eigenvalue weighted by Gasteiger charge is 2.24. The van der Waals surface area contributed by atoms with Crippen LogP contribution in [0.4, 0.5) is 17.1 Å². The van der Waals surface area contributed by atoms with Crippen LogP contribution in [0.25, 0.3) is 98.8 Å². The first-order chi connectivity index (χ1) is 27.8. The number of benzene rings is 9. The summed E-state index contributed by atoms with van der Waals surface area (Å²) in [7, 11) is 0. The SMILES string of the molecule is c1ccc(N(c2ccc(-c3cccc4c3oc3ccccc34)cc2)c2cccc3oc4ccccc4c23)c(-c2cccc3c2oc2cc4ccccc4cc23)c1. The lowest BCUT2D eigenvalue weighted by Crippen LogP contribution is -2.11. The molecule has 0 amide bonds. The smallest absolute Gasteiger partial charge is 0.143 e. The van der Waals surface area contributed by atoms with Gasteiger partial charge in [-0.15, -0.1) is 0 Å². The van der Waals surface area contributed by atoms with Crippen molar-refractivity contribution in [3.63, 3.8) is 0 Å². The van der Waals surface area contributed by atoms with Crippen molar-refractivity contribution in [1.29, 1.82) is 0 Å². The first kappa shape index (κ1) is 30.9. The van der Waals surface area contributed by atoms with Crippen molar-refractivity contribution in [2.75, 3.05) is 4.90 Å². The molecular weight excluding hydrogens is 687 g/mol. The predicted octanol–water partition coefficient (Wildman–Crippen LogP) is 15.3. The van der Waals surface area contributed by atoms with Crippen LogP contribution in [0.2, 0.25) is 0 Å². The van der Waals surface area contributed by atoms with E-state index in [4.69, 9.17) is 13.3 Å². The molecule has 3 heterocycles. The highest BCUT2D eigenvalue weighted by molar-refractivity contribution is 6.16. The van der Waals surface area contributed by atoms with Gasteiger partial charge in [-0.25, -0.2) is 0 Å². The highest BCUT2D eigenvalue weighted by Crippen LogP contribution is 2.48. The van der Waals surface area contributed by atoms with Crippen molar-refractivity contribution >= 4 is 93.7 Å². The number of fused-ring (bicyclic) bond motifs is 10. The Balaban J connectivity index is 1.08. The fraction of sp³-hybridized carbons (Fsp3) is 0. The molecule has 0 unspecified atom stereocenters. The molecule has 0 saturated carbocycles. The summed E-state index contributed by atoms with van der Waals surface area (Å²) in [6, 6.07) is 66.0. The Morgan fingerprint density at radius 3 is 1.71 bits per heavy atom. The first-order valence-corrected chi connectivity index (χ1v) is 18.9. The van der Waals surface area contributed by atoms with Crippen LogP contribution >= 0.6 is 0 Å². The second-order valence-corrected chi connectivity index (χ2v) is 14.4. The molecule has 9 aromatic carbocycles. The second-order valence-electron chi connectivity index (χ2n) is 14.4. The third-order valence-electron chi connectivity index (χ3n) is 11.3. The Morgan fingerprint density at radius 2 is 0.875 bits per heavy atom. The summed E-state index contributed by atoms with van der Waals surface area (Å²) in [5, 5.41) is 8.92. The van der Waals surface area contributed by atoms with Crippen molar-refractivity contribution in [1.82, 2.24) is 0 Å². The maximum Gasteiger partial charge on any atom is 0.143 e. The summed E-state index contributed by atoms with van der Waals surface area (Å²) in [6.07, 6.45) is 0. The molecule has 4 heteroatoms. The van der Waals surface area contributed by atoms with Crippen molar-refractivity contribution in [2.24, 2.45) is 0 Å². The van der Waals surface area contributed by atoms with Gasteiger partial charge in [0.2, 0.25) is 0 Å². The van der Waals surface area contributed by atoms with E-state index in [1.54, 1.807) is 0 Å². The van der Waals surface area contributed by atoms with Crippen LogP contribution < -0.4 is 4.90 Å². The molecule has 0 saturated heterocycles. The molecule has 3 aromatic heterocycles. The Hall–Kier alpha value is -7.56. The maximum atomic E-state index is 6.79. The molecule has 0 radical (unpaired) electrons. The molecule has 56 heavy (non-hydrogen) atoms. The van der Waals surface area contributed by atoms with Crippen LogP contribution in [-0.2, 0) is 0 Å². The summed E-state index contributed by atoms with van der Waals surface area (Å²) >= 11 is 0. The number of anilines is 3. The number of rotatable bonds is 5. The molecule has 0 aliphatic carbocycles. The summed E-state index contributed by atoms with van der Waals surface area (Å²) < 4.78 is 19.7. The summed E-state index contributed by atoms with van der Waals surface area (Å²) in [5.74, 6) is 0. The van der Waals surface area contributed by atoms with Crippen molar-refractivity contribution < 1.29 is 13.3 Å². The molecule has 0 fully saturated rings. The lowest BCUT2D eigenvalue weighted by Gasteiger charge is -2.28. The van der Waals surface area contributed by atoms with Gasteiger partial charge in [0.05, 0.1) is 16.8 Å². The Kier molecular flexibility index (Phi) is 6.60. The number of hydrogen-bond acceptors (Lipinski definition) is 4. The molecule has 12 rings (SSSR count). The maximum absolute atomic E-state index is 6.79. The monoisotopic (exact) mass is 717 g/mol. The molecule has 0 bridgehead atoms. The fourth-order valence-corrected chi connectivity index (χ4v) is 8.71. The standard InChI is InChI=1S/C52H31NO3/c1-2-13-34-31-49-43(30-33(34)12-1)41-20-10-18-39(52(41)56-49)37-14-3-6-21-44(37)53(45-22-11-25-48-50(45)42-16-5-8-24-47(42)54-48)35-28-26-32(27-29-35)36-17-9-19-40-38-15-4-7-23-46(38)55-51(36)40/h1-31H. The fourth-order valence-electron chi connectivity index (χ4n) is 8.71. The average Bonchev–Trinajstić information content (AvgIpc) is 3.95. The van der Waals surface area contributed by atoms with Gasteiger partial charge in [0.15, 0.2) is 0 Å². The molecule has 0 aliphatic heterocycles. The Morgan fingerprint density at radius 1 is 0.321 bits per heavy atom. The lowest BCUT2D eigenvalue weighted by atomic mass is 9.98. The zero-order valence-corrected chi connectivity index (χ0v) is 30.1. The third-order valence-corrected chi connectivity index (χ3v) is 11.3. The van der Waals surface area contributed by atoms with Gasteiger partial charge in [0.25, 0.3) is 0 Å². The van der Waals surface area contributed by atoms with E-state index in [1.807, 2.05) is 24.3 Å². The van der Waals surface area contributed by atoms with Crippen molar-refractivity contribution in [3.05, 3.63) is 188 Å². The van der Waals surface area contributed by atoms with Gasteiger partial charge in [0, 0.05) is 49.3 Å². The molecule has 12 aromatic rings. The lowest BCUT2D eigenvalue weighted by molar-refractivity contribution is 0.669. The predicted molar refractivity (Wildman–Crippen MR) is 231 cm³/mol. The van der Waals surface area contributed by atoms with Gasteiger partial charge < -0.3 is 18.2 Å². The summed E-state index contributed by atoms with van der Waals surface area (Å²) in [6.45, 7) is 0. The van der Waals surface area contributed by atoms with Crippen molar-refractivity contribution in [2.45, 2.75) is 0 Å². The van der Waals surface area contributed by atoms with Crippen molar-refractivity contribution in [3.8, 4) is 22.3 Å². The van der Waals surface area contributed by atoms with E-state index in [0.29, 0.717) is 0 Å².